The summed E-state index contributed by atoms with van der Waals surface area (Å²) in [5.41, 5.74) is 0.678. The fourth-order valence-electron chi connectivity index (χ4n) is 4.63. The van der Waals surface area contributed by atoms with Crippen molar-refractivity contribution in [2.24, 2.45) is 5.92 Å². The molecule has 1 atom stereocenters. The number of carbonyl (C=O) groups is 2. The Morgan fingerprint density at radius 2 is 2.00 bits per heavy atom. The maximum absolute atomic E-state index is 13.4. The molecule has 1 N–H and O–H groups in total. The summed E-state index contributed by atoms with van der Waals surface area (Å²) in [5.74, 6) is -0.0361. The summed E-state index contributed by atoms with van der Waals surface area (Å²) in [7, 11) is -2.00. The van der Waals surface area contributed by atoms with Crippen molar-refractivity contribution in [3.8, 4) is 0 Å². The van der Waals surface area contributed by atoms with E-state index in [0.29, 0.717) is 36.8 Å². The second-order valence-corrected chi connectivity index (χ2v) is 11.7. The van der Waals surface area contributed by atoms with Gasteiger partial charge >= 0.3 is 0 Å². The van der Waals surface area contributed by atoms with Gasteiger partial charge in [-0.1, -0.05) is 50.3 Å². The van der Waals surface area contributed by atoms with Crippen LogP contribution in [0.25, 0.3) is 0 Å². The molecule has 2 aromatic rings. The molecule has 1 heterocycles. The number of sulfone groups is 1. The third-order valence-corrected chi connectivity index (χ3v) is 8.07. The van der Waals surface area contributed by atoms with E-state index in [1.807, 2.05) is 6.92 Å². The van der Waals surface area contributed by atoms with Crippen LogP contribution >= 0.6 is 11.6 Å². The van der Waals surface area contributed by atoms with E-state index in [0.717, 1.165) is 38.4 Å². The molecule has 1 aromatic heterocycles. The predicted octanol–water partition coefficient (Wildman–Crippen LogP) is 4.43. The minimum absolute atomic E-state index is 0.0483. The van der Waals surface area contributed by atoms with Gasteiger partial charge in [-0.05, 0) is 36.5 Å². The van der Waals surface area contributed by atoms with Crippen molar-refractivity contribution in [3.63, 3.8) is 0 Å². The van der Waals surface area contributed by atoms with Crippen molar-refractivity contribution in [3.05, 3.63) is 41.0 Å². The summed E-state index contributed by atoms with van der Waals surface area (Å²) < 4.78 is 25.5. The number of carbonyl (C=O) groups excluding carboxylic acids is 2. The van der Waals surface area contributed by atoms with Gasteiger partial charge in [0.1, 0.15) is 0 Å². The van der Waals surface area contributed by atoms with E-state index in [9.17, 15) is 18.0 Å². The number of anilines is 1. The fourth-order valence-corrected chi connectivity index (χ4v) is 5.97. The normalized spacial score (nSPS) is 15.1. The van der Waals surface area contributed by atoms with Gasteiger partial charge in [-0.3, -0.25) is 19.1 Å². The molecule has 1 fully saturated rings. The molecule has 9 nitrogen and oxygen atoms in total. The molecule has 198 valence electrons. The molecule has 0 bridgehead atoms. The third-order valence-electron chi connectivity index (χ3n) is 6.49. The number of amides is 2. The number of nitrogens with zero attached hydrogens (tertiary/aromatic N) is 3. The first-order valence-electron chi connectivity index (χ1n) is 12.3. The Kier molecular flexibility index (Phi) is 9.92. The molecule has 0 aliphatic heterocycles. The predicted molar refractivity (Wildman–Crippen MR) is 138 cm³/mol. The first kappa shape index (κ1) is 28.1. The number of nitrogens with one attached hydrogen (secondary N) is 1. The Balaban J connectivity index is 1.71. The summed E-state index contributed by atoms with van der Waals surface area (Å²) in [6.45, 7) is 2.84. The third kappa shape index (κ3) is 7.54. The highest BCUT2D eigenvalue weighted by molar-refractivity contribution is 7.90. The van der Waals surface area contributed by atoms with Gasteiger partial charge in [0, 0.05) is 38.0 Å². The number of hydrogen-bond acceptors (Lipinski definition) is 6. The Morgan fingerprint density at radius 1 is 1.28 bits per heavy atom. The Bertz CT molecular complexity index is 1160. The summed E-state index contributed by atoms with van der Waals surface area (Å²) in [4.78, 5) is 30.8. The van der Waals surface area contributed by atoms with Crippen molar-refractivity contribution in [2.45, 2.75) is 69.2 Å². The van der Waals surface area contributed by atoms with Crippen LogP contribution in [0, 0.1) is 5.92 Å². The molecule has 1 unspecified atom stereocenters. The second-order valence-electron chi connectivity index (χ2n) is 9.28. The maximum atomic E-state index is 13.4. The molecule has 11 heteroatoms. The average molecular weight is 539 g/mol. The summed E-state index contributed by atoms with van der Waals surface area (Å²) in [5, 5.41) is 8.73. The van der Waals surface area contributed by atoms with Crippen LogP contribution in [0.1, 0.15) is 63.4 Å². The molecule has 0 spiro atoms. The molecular formula is C25H35ClN4O5S. The minimum atomic E-state index is -3.47. The highest BCUT2D eigenvalue weighted by Crippen LogP contribution is 2.36. The zero-order chi connectivity index (χ0) is 26.3. The van der Waals surface area contributed by atoms with Crippen LogP contribution in [0.3, 0.4) is 0 Å². The Labute approximate surface area is 218 Å². The molecular weight excluding hydrogens is 504 g/mol. The molecule has 3 rings (SSSR count). The molecule has 1 aromatic carbocycles. The van der Waals surface area contributed by atoms with Gasteiger partial charge in [0.25, 0.3) is 0 Å². The SMILES string of the molecule is CCCN(OC)C(=O)CCn1ccc(NC(=O)C(CC2CCCC2)c2ccc(S(C)(=O)=O)c(Cl)c2)n1. The van der Waals surface area contributed by atoms with Gasteiger partial charge in [-0.2, -0.15) is 5.10 Å². The topological polar surface area (TPSA) is 111 Å². The number of aryl methyl sites for hydroxylation is 1. The van der Waals surface area contributed by atoms with Crippen LogP contribution in [0.15, 0.2) is 35.4 Å². The smallest absolute Gasteiger partial charge is 0.247 e. The van der Waals surface area contributed by atoms with Gasteiger partial charge in [0.05, 0.1) is 22.9 Å². The van der Waals surface area contributed by atoms with Gasteiger partial charge in [0.2, 0.25) is 11.8 Å². The van der Waals surface area contributed by atoms with Crippen LogP contribution in [-0.4, -0.2) is 55.0 Å². The molecule has 1 saturated carbocycles. The van der Waals surface area contributed by atoms with Crippen LogP contribution in [-0.2, 0) is 30.8 Å². The zero-order valence-electron chi connectivity index (χ0n) is 21.1. The van der Waals surface area contributed by atoms with E-state index in [4.69, 9.17) is 16.4 Å². The second kappa shape index (κ2) is 12.7. The molecule has 0 radical (unpaired) electrons. The average Bonchev–Trinajstić information content (AvgIpc) is 3.50. The summed E-state index contributed by atoms with van der Waals surface area (Å²) >= 11 is 6.29. The standard InChI is InChI=1S/C25H35ClN4O5S/c1-4-13-30(35-2)24(31)12-15-29-14-11-23(28-29)27-25(32)20(16-18-7-5-6-8-18)19-9-10-22(21(26)17-19)36(3,33)34/h9-11,14,17-18,20H,4-8,12-13,15-16H2,1-3H3,(H,27,28,32). The van der Waals surface area contributed by atoms with E-state index >= 15 is 0 Å². The molecule has 2 amide bonds. The van der Waals surface area contributed by atoms with Crippen molar-refractivity contribution in [1.82, 2.24) is 14.8 Å². The largest absolute Gasteiger partial charge is 0.309 e. The summed E-state index contributed by atoms with van der Waals surface area (Å²) in [6, 6.07) is 6.41. The number of halogens is 1. The first-order valence-corrected chi connectivity index (χ1v) is 14.6. The van der Waals surface area contributed by atoms with Crippen LogP contribution < -0.4 is 5.32 Å². The van der Waals surface area contributed by atoms with E-state index in [1.165, 1.54) is 18.2 Å². The van der Waals surface area contributed by atoms with Crippen LogP contribution in [0.4, 0.5) is 5.82 Å². The highest BCUT2D eigenvalue weighted by Gasteiger charge is 2.28. The lowest BCUT2D eigenvalue weighted by Gasteiger charge is -2.21. The lowest BCUT2D eigenvalue weighted by molar-refractivity contribution is -0.176. The molecule has 1 aliphatic rings. The lowest BCUT2D eigenvalue weighted by atomic mass is 9.87. The highest BCUT2D eigenvalue weighted by atomic mass is 35.5. The molecule has 1 aliphatic carbocycles. The van der Waals surface area contributed by atoms with Crippen molar-refractivity contribution in [2.75, 3.05) is 25.2 Å². The minimum Gasteiger partial charge on any atom is -0.309 e. The van der Waals surface area contributed by atoms with E-state index < -0.39 is 15.8 Å². The molecule has 36 heavy (non-hydrogen) atoms. The lowest BCUT2D eigenvalue weighted by Crippen LogP contribution is -2.31. The number of hydroxylamine groups is 2. The molecule has 0 saturated heterocycles. The number of rotatable bonds is 12. The van der Waals surface area contributed by atoms with Crippen molar-refractivity contribution in [1.29, 1.82) is 0 Å². The zero-order valence-corrected chi connectivity index (χ0v) is 22.6. The van der Waals surface area contributed by atoms with Crippen molar-refractivity contribution >= 4 is 39.1 Å². The fraction of sp³-hybridized carbons (Fsp3) is 0.560. The first-order chi connectivity index (χ1) is 17.1. The van der Waals surface area contributed by atoms with E-state index in [1.54, 1.807) is 29.1 Å². The quantitative estimate of drug-likeness (QED) is 0.400. The number of hydrogen-bond donors (Lipinski definition) is 1. The van der Waals surface area contributed by atoms with Gasteiger partial charge in [-0.25, -0.2) is 13.5 Å². The monoisotopic (exact) mass is 538 g/mol. The summed E-state index contributed by atoms with van der Waals surface area (Å²) in [6.07, 6.45) is 8.92. The van der Waals surface area contributed by atoms with Gasteiger partial charge < -0.3 is 5.32 Å². The Hall–Kier alpha value is -2.43. The Morgan fingerprint density at radius 3 is 2.61 bits per heavy atom. The van der Waals surface area contributed by atoms with Crippen molar-refractivity contribution < 1.29 is 22.8 Å². The number of benzene rings is 1. The number of aromatic nitrogens is 2. The van der Waals surface area contributed by atoms with Crippen LogP contribution in [0.5, 0.6) is 0 Å². The van der Waals surface area contributed by atoms with Gasteiger partial charge in [-0.15, -0.1) is 0 Å². The van der Waals surface area contributed by atoms with E-state index in [2.05, 4.69) is 10.4 Å². The van der Waals surface area contributed by atoms with Crippen LogP contribution in [0.2, 0.25) is 5.02 Å². The maximum Gasteiger partial charge on any atom is 0.247 e. The van der Waals surface area contributed by atoms with Gasteiger partial charge in [0.15, 0.2) is 15.7 Å². The van der Waals surface area contributed by atoms with E-state index in [-0.39, 0.29) is 28.2 Å².